The summed E-state index contributed by atoms with van der Waals surface area (Å²) in [6.45, 7) is 2.13. The van der Waals surface area contributed by atoms with Crippen LogP contribution in [0.3, 0.4) is 0 Å². The van der Waals surface area contributed by atoms with Crippen LogP contribution < -0.4 is 14.2 Å². The topological polar surface area (TPSA) is 27.7 Å². The number of halogens is 10. The molecule has 0 saturated carbocycles. The molecule has 4 rings (SSSR count). The predicted molar refractivity (Wildman–Crippen MR) is 168 cm³/mol. The smallest absolute Gasteiger partial charge is 0.433 e. The van der Waals surface area contributed by atoms with Crippen molar-refractivity contribution >= 4 is 11.7 Å². The Balaban J connectivity index is 1.47. The number of hydrogen-bond donors (Lipinski definition) is 0. The Morgan fingerprint density at radius 1 is 0.600 bits per heavy atom. The van der Waals surface area contributed by atoms with Crippen LogP contribution in [0.1, 0.15) is 62.6 Å². The van der Waals surface area contributed by atoms with Crippen LogP contribution in [0.4, 0.5) is 43.9 Å². The van der Waals surface area contributed by atoms with Gasteiger partial charge in [0.05, 0.1) is 6.61 Å². The van der Waals surface area contributed by atoms with Crippen LogP contribution in [0.5, 0.6) is 17.2 Å². The maximum atomic E-state index is 15.0. The number of alkyl halides is 2. The molecule has 4 aromatic rings. The maximum Gasteiger partial charge on any atom is 0.433 e. The minimum Gasteiger partial charge on any atom is -0.490 e. The van der Waals surface area contributed by atoms with Crippen molar-refractivity contribution in [2.45, 2.75) is 58.5 Å². The molecule has 0 aromatic heterocycles. The van der Waals surface area contributed by atoms with Gasteiger partial charge in [0.25, 0.3) is 0 Å². The Hall–Kier alpha value is -4.68. The van der Waals surface area contributed by atoms with Gasteiger partial charge in [-0.3, -0.25) is 0 Å². The molecule has 0 bridgehead atoms. The van der Waals surface area contributed by atoms with Crippen molar-refractivity contribution in [3.8, 4) is 28.4 Å². The summed E-state index contributed by atoms with van der Waals surface area (Å²) in [5.74, 6) is -15.4. The third-order valence-corrected chi connectivity index (χ3v) is 7.52. The van der Waals surface area contributed by atoms with Gasteiger partial charge in [-0.2, -0.15) is 22.0 Å². The summed E-state index contributed by atoms with van der Waals surface area (Å²) in [5, 5.41) is 0. The molecule has 0 aliphatic carbocycles. The van der Waals surface area contributed by atoms with Crippen molar-refractivity contribution in [3.63, 3.8) is 0 Å². The second-order valence-electron chi connectivity index (χ2n) is 11.3. The lowest BCUT2D eigenvalue weighted by atomic mass is 10.0. The normalized spacial score (nSPS) is 12.2. The largest absolute Gasteiger partial charge is 0.490 e. The van der Waals surface area contributed by atoms with E-state index in [2.05, 4.69) is 9.47 Å². The molecule has 0 saturated heterocycles. The lowest BCUT2D eigenvalue weighted by molar-refractivity contribution is -0.197. The first-order chi connectivity index (χ1) is 23.8. The quantitative estimate of drug-likeness (QED) is 0.0657. The molecule has 0 N–H and O–H groups in total. The van der Waals surface area contributed by atoms with Crippen molar-refractivity contribution < 1.29 is 58.1 Å². The van der Waals surface area contributed by atoms with Gasteiger partial charge < -0.3 is 14.2 Å². The number of benzene rings is 4. The number of unbranched alkanes of at least 4 members (excludes halogenated alkanes) is 3. The Morgan fingerprint density at radius 3 is 1.80 bits per heavy atom. The van der Waals surface area contributed by atoms with Gasteiger partial charge in [-0.1, -0.05) is 45.2 Å². The first-order valence-corrected chi connectivity index (χ1v) is 15.7. The summed E-state index contributed by atoms with van der Waals surface area (Å²) < 4.78 is 161. The van der Waals surface area contributed by atoms with Crippen molar-refractivity contribution in [1.82, 2.24) is 0 Å². The van der Waals surface area contributed by atoms with E-state index in [1.165, 1.54) is 6.07 Å². The van der Waals surface area contributed by atoms with E-state index in [1.54, 1.807) is 0 Å². The van der Waals surface area contributed by atoms with Gasteiger partial charge in [0, 0.05) is 16.7 Å². The van der Waals surface area contributed by atoms with Crippen LogP contribution in [-0.2, 0) is 6.42 Å². The van der Waals surface area contributed by atoms with Crippen molar-refractivity contribution in [1.29, 1.82) is 0 Å². The minimum atomic E-state index is -4.36. The molecular formula is C37H32F10O3. The van der Waals surface area contributed by atoms with Gasteiger partial charge in [-0.15, -0.1) is 0 Å². The Labute approximate surface area is 282 Å². The van der Waals surface area contributed by atoms with Crippen LogP contribution in [0, 0.1) is 34.9 Å². The van der Waals surface area contributed by atoms with Crippen molar-refractivity contribution in [3.05, 3.63) is 112 Å². The standard InChI is InChI=1S/C37H32F10O3/c1-3-5-7-8-21-9-11-24(26(38)18-21)32(41)33(42)25-12-10-22(19-27(25)39)23-13-14-29(34(43)31(23)40)49-20-37(46,47)50-30-16-15-28(35(44)36(30)45)48-17-6-4-2/h9-16,18-19H,3-8,17,20H2,1-2H3/b33-32+. The van der Waals surface area contributed by atoms with Crippen molar-refractivity contribution in [2.24, 2.45) is 0 Å². The molecule has 0 fully saturated rings. The average Bonchev–Trinajstić information content (AvgIpc) is 3.08. The molecule has 0 radical (unpaired) electrons. The monoisotopic (exact) mass is 714 g/mol. The molecule has 0 spiro atoms. The zero-order chi connectivity index (χ0) is 36.6. The van der Waals surface area contributed by atoms with Gasteiger partial charge >= 0.3 is 6.11 Å². The molecular weight excluding hydrogens is 682 g/mol. The highest BCUT2D eigenvalue weighted by molar-refractivity contribution is 5.84. The van der Waals surface area contributed by atoms with Gasteiger partial charge in [-0.25, -0.2) is 22.0 Å². The van der Waals surface area contributed by atoms with Gasteiger partial charge in [-0.05, 0) is 78.9 Å². The number of ether oxygens (including phenoxy) is 3. The second-order valence-corrected chi connectivity index (χ2v) is 11.3. The summed E-state index contributed by atoms with van der Waals surface area (Å²) in [7, 11) is 0. The Morgan fingerprint density at radius 2 is 1.16 bits per heavy atom. The molecule has 268 valence electrons. The highest BCUT2D eigenvalue weighted by Gasteiger charge is 2.36. The SMILES string of the molecule is CCCCCc1ccc(/C(F)=C(\F)c2ccc(-c3ccc(OCC(F)(F)Oc4ccc(OCCCC)c(F)c4F)c(F)c3F)cc2F)c(F)c1. The van der Waals surface area contributed by atoms with Crippen LogP contribution in [-0.4, -0.2) is 19.3 Å². The lowest BCUT2D eigenvalue weighted by Crippen LogP contribution is -2.33. The summed E-state index contributed by atoms with van der Waals surface area (Å²) in [5.41, 5.74) is -2.02. The lowest BCUT2D eigenvalue weighted by Gasteiger charge is -2.20. The number of hydrogen-bond acceptors (Lipinski definition) is 3. The van der Waals surface area contributed by atoms with Crippen LogP contribution in [0.25, 0.3) is 22.8 Å². The number of aryl methyl sites for hydroxylation is 1. The highest BCUT2D eigenvalue weighted by Crippen LogP contribution is 2.36. The van der Waals surface area contributed by atoms with E-state index in [-0.39, 0.29) is 12.2 Å². The molecule has 0 atom stereocenters. The molecule has 0 unspecified atom stereocenters. The Kier molecular flexibility index (Phi) is 12.8. The zero-order valence-electron chi connectivity index (χ0n) is 26.9. The van der Waals surface area contributed by atoms with Crippen LogP contribution >= 0.6 is 0 Å². The van der Waals surface area contributed by atoms with Crippen molar-refractivity contribution in [2.75, 3.05) is 13.2 Å². The van der Waals surface area contributed by atoms with Crippen LogP contribution in [0.15, 0.2) is 60.7 Å². The first-order valence-electron chi connectivity index (χ1n) is 15.7. The van der Waals surface area contributed by atoms with E-state index in [0.29, 0.717) is 37.0 Å². The molecule has 0 heterocycles. The fourth-order valence-corrected chi connectivity index (χ4v) is 4.82. The van der Waals surface area contributed by atoms with Crippen LogP contribution in [0.2, 0.25) is 0 Å². The third-order valence-electron chi connectivity index (χ3n) is 7.52. The van der Waals surface area contributed by atoms with Gasteiger partial charge in [0.15, 0.2) is 41.3 Å². The molecule has 0 aliphatic heterocycles. The summed E-state index contributed by atoms with van der Waals surface area (Å²) in [6, 6.07) is 8.96. The molecule has 3 nitrogen and oxygen atoms in total. The van der Waals surface area contributed by atoms with Gasteiger partial charge in [0.2, 0.25) is 17.5 Å². The summed E-state index contributed by atoms with van der Waals surface area (Å²) >= 11 is 0. The van der Waals surface area contributed by atoms with E-state index in [4.69, 9.17) is 4.74 Å². The zero-order valence-corrected chi connectivity index (χ0v) is 26.9. The minimum absolute atomic E-state index is 0.0607. The third kappa shape index (κ3) is 9.10. The molecule has 4 aromatic carbocycles. The summed E-state index contributed by atoms with van der Waals surface area (Å²) in [6.07, 6.45) is 0.0450. The Bertz CT molecular complexity index is 1840. The van der Waals surface area contributed by atoms with E-state index in [9.17, 15) is 39.5 Å². The molecule has 50 heavy (non-hydrogen) atoms. The fourth-order valence-electron chi connectivity index (χ4n) is 4.82. The predicted octanol–water partition coefficient (Wildman–Crippen LogP) is 11.9. The summed E-state index contributed by atoms with van der Waals surface area (Å²) in [4.78, 5) is 0. The maximum absolute atomic E-state index is 15.0. The molecule has 0 amide bonds. The van der Waals surface area contributed by atoms with Gasteiger partial charge in [0.1, 0.15) is 11.6 Å². The van der Waals surface area contributed by atoms with E-state index >= 15 is 4.39 Å². The average molecular weight is 715 g/mol. The first kappa shape index (κ1) is 38.1. The highest BCUT2D eigenvalue weighted by atomic mass is 19.3. The molecule has 13 heteroatoms. The fraction of sp³-hybridized carbons (Fsp3) is 0.297. The number of rotatable bonds is 16. The van der Waals surface area contributed by atoms with E-state index < -0.39 is 93.2 Å². The van der Waals surface area contributed by atoms with E-state index in [0.717, 1.165) is 61.7 Å². The second kappa shape index (κ2) is 16.8. The molecule has 0 aliphatic rings. The van der Waals surface area contributed by atoms with E-state index in [1.807, 2.05) is 13.8 Å².